The van der Waals surface area contributed by atoms with Crippen molar-refractivity contribution >= 4 is 0 Å². The van der Waals surface area contributed by atoms with Gasteiger partial charge in [-0.25, -0.2) is 0 Å². The first kappa shape index (κ1) is 11.1. The van der Waals surface area contributed by atoms with E-state index in [2.05, 4.69) is 20.4 Å². The first-order valence-corrected chi connectivity index (χ1v) is 6.82. The van der Waals surface area contributed by atoms with Crippen LogP contribution in [0.25, 0.3) is 11.5 Å². The number of nitrogens with one attached hydrogen (secondary N) is 1. The highest BCUT2D eigenvalue weighted by Crippen LogP contribution is 2.39. The summed E-state index contributed by atoms with van der Waals surface area (Å²) in [6.45, 7) is 2.03. The van der Waals surface area contributed by atoms with E-state index in [-0.39, 0.29) is 0 Å². The van der Waals surface area contributed by atoms with Crippen molar-refractivity contribution in [3.05, 3.63) is 29.8 Å². The fourth-order valence-electron chi connectivity index (χ4n) is 3.25. The van der Waals surface area contributed by atoms with Crippen LogP contribution in [0, 0.1) is 6.92 Å². The van der Waals surface area contributed by atoms with E-state index in [1.807, 2.05) is 19.1 Å². The van der Waals surface area contributed by atoms with Gasteiger partial charge < -0.3 is 9.84 Å². The Morgan fingerprint density at radius 1 is 1.37 bits per heavy atom. The molecule has 3 atom stereocenters. The van der Waals surface area contributed by atoms with Gasteiger partial charge in [0.1, 0.15) is 5.69 Å². The molecule has 2 aromatic heterocycles. The van der Waals surface area contributed by atoms with Gasteiger partial charge in [0.15, 0.2) is 0 Å². The molecule has 0 amide bonds. The van der Waals surface area contributed by atoms with Crippen molar-refractivity contribution < 1.29 is 4.52 Å². The number of fused-ring (bicyclic) bond motifs is 2. The molecule has 5 heteroatoms. The molecule has 4 rings (SSSR count). The number of nitrogens with zero attached hydrogens (tertiary/aromatic N) is 3. The Labute approximate surface area is 111 Å². The van der Waals surface area contributed by atoms with Gasteiger partial charge in [-0.3, -0.25) is 4.98 Å². The van der Waals surface area contributed by atoms with Crippen LogP contribution in [0.5, 0.6) is 0 Å². The summed E-state index contributed by atoms with van der Waals surface area (Å²) >= 11 is 0. The second-order valence-electron chi connectivity index (χ2n) is 5.56. The van der Waals surface area contributed by atoms with Crippen molar-refractivity contribution in [2.24, 2.45) is 0 Å². The number of rotatable bonds is 2. The van der Waals surface area contributed by atoms with E-state index in [9.17, 15) is 0 Å². The zero-order chi connectivity index (χ0) is 12.8. The van der Waals surface area contributed by atoms with Crippen LogP contribution in [0.2, 0.25) is 0 Å². The normalized spacial score (nSPS) is 29.0. The third kappa shape index (κ3) is 1.85. The van der Waals surface area contributed by atoms with Crippen LogP contribution in [-0.2, 0) is 0 Å². The van der Waals surface area contributed by atoms with E-state index in [1.54, 1.807) is 6.20 Å². The molecule has 2 aliphatic heterocycles. The number of hydrogen-bond donors (Lipinski definition) is 1. The Balaban J connectivity index is 1.63. The summed E-state index contributed by atoms with van der Waals surface area (Å²) < 4.78 is 5.45. The smallest absolute Gasteiger partial charge is 0.231 e. The van der Waals surface area contributed by atoms with Crippen LogP contribution in [0.3, 0.4) is 0 Å². The lowest BCUT2D eigenvalue weighted by Gasteiger charge is -2.15. The maximum atomic E-state index is 5.45. The molecular formula is C14H16N4O. The minimum absolute atomic E-state index is 0.379. The van der Waals surface area contributed by atoms with Crippen LogP contribution < -0.4 is 5.32 Å². The lowest BCUT2D eigenvalue weighted by molar-refractivity contribution is 0.329. The number of aryl methyl sites for hydroxylation is 1. The average Bonchev–Trinajstić information content (AvgIpc) is 3.14. The van der Waals surface area contributed by atoms with Gasteiger partial charge in [-0.15, -0.1) is 0 Å². The molecule has 5 nitrogen and oxygen atoms in total. The topological polar surface area (TPSA) is 63.8 Å². The maximum Gasteiger partial charge on any atom is 0.231 e. The number of pyridine rings is 1. The molecule has 0 aromatic carbocycles. The molecule has 3 unspecified atom stereocenters. The van der Waals surface area contributed by atoms with Crippen LogP contribution in [0.1, 0.15) is 36.6 Å². The van der Waals surface area contributed by atoms with Crippen LogP contribution in [0.4, 0.5) is 0 Å². The highest BCUT2D eigenvalue weighted by atomic mass is 16.5. The van der Waals surface area contributed by atoms with Crippen molar-refractivity contribution in [2.45, 2.75) is 44.2 Å². The summed E-state index contributed by atoms with van der Waals surface area (Å²) in [5.74, 6) is 1.74. The van der Waals surface area contributed by atoms with Gasteiger partial charge in [-0.2, -0.15) is 4.98 Å². The second kappa shape index (κ2) is 4.13. The summed E-state index contributed by atoms with van der Waals surface area (Å²) in [5, 5.41) is 7.67. The summed E-state index contributed by atoms with van der Waals surface area (Å²) in [7, 11) is 0. The van der Waals surface area contributed by atoms with Crippen LogP contribution >= 0.6 is 0 Å². The Bertz CT molecular complexity index is 609. The summed E-state index contributed by atoms with van der Waals surface area (Å²) in [6, 6.07) is 5.10. The van der Waals surface area contributed by atoms with Crippen molar-refractivity contribution in [1.82, 2.24) is 20.4 Å². The molecule has 2 bridgehead atoms. The van der Waals surface area contributed by atoms with Gasteiger partial charge in [0.2, 0.25) is 11.7 Å². The number of aromatic nitrogens is 3. The molecule has 2 aromatic rings. The largest absolute Gasteiger partial charge is 0.339 e. The molecule has 19 heavy (non-hydrogen) atoms. The monoisotopic (exact) mass is 256 g/mol. The predicted octanol–water partition coefficient (Wildman–Crippen LogP) is 2.05. The summed E-state index contributed by atoms with van der Waals surface area (Å²) in [6.07, 6.45) is 5.39. The van der Waals surface area contributed by atoms with E-state index in [0.717, 1.165) is 23.6 Å². The molecule has 4 heterocycles. The van der Waals surface area contributed by atoms with Crippen molar-refractivity contribution in [3.8, 4) is 11.5 Å². The summed E-state index contributed by atoms with van der Waals surface area (Å²) in [5.41, 5.74) is 1.93. The van der Waals surface area contributed by atoms with Crippen molar-refractivity contribution in [1.29, 1.82) is 0 Å². The Kier molecular flexibility index (Phi) is 2.41. The van der Waals surface area contributed by atoms with Gasteiger partial charge in [0.05, 0.1) is 5.92 Å². The van der Waals surface area contributed by atoms with Gasteiger partial charge in [0, 0.05) is 18.3 Å². The van der Waals surface area contributed by atoms with E-state index >= 15 is 0 Å². The van der Waals surface area contributed by atoms with Gasteiger partial charge in [-0.1, -0.05) is 5.16 Å². The highest BCUT2D eigenvalue weighted by molar-refractivity contribution is 5.49. The van der Waals surface area contributed by atoms with E-state index in [4.69, 9.17) is 4.52 Å². The zero-order valence-corrected chi connectivity index (χ0v) is 10.8. The minimum atomic E-state index is 0.379. The minimum Gasteiger partial charge on any atom is -0.339 e. The maximum absolute atomic E-state index is 5.45. The lowest BCUT2D eigenvalue weighted by atomic mass is 9.89. The first-order chi connectivity index (χ1) is 9.29. The molecule has 2 fully saturated rings. The second-order valence-corrected chi connectivity index (χ2v) is 5.56. The lowest BCUT2D eigenvalue weighted by Crippen LogP contribution is -2.21. The summed E-state index contributed by atoms with van der Waals surface area (Å²) in [4.78, 5) is 8.84. The van der Waals surface area contributed by atoms with Gasteiger partial charge in [0.25, 0.3) is 0 Å². The van der Waals surface area contributed by atoms with Crippen LogP contribution in [0.15, 0.2) is 22.9 Å². The Hall–Kier alpha value is -1.75. The standard InChI is InChI=1S/C14H16N4O/c1-8-4-5-15-12(6-8)13-17-14(19-18-13)10-7-9-2-3-11(10)16-9/h4-6,9-11,16H,2-3,7H2,1H3. The third-order valence-corrected chi connectivity index (χ3v) is 4.20. The Morgan fingerprint density at radius 2 is 2.32 bits per heavy atom. The van der Waals surface area contributed by atoms with Crippen LogP contribution in [-0.4, -0.2) is 27.2 Å². The predicted molar refractivity (Wildman–Crippen MR) is 69.6 cm³/mol. The van der Waals surface area contributed by atoms with Gasteiger partial charge in [-0.05, 0) is 43.9 Å². The fraction of sp³-hybridized carbons (Fsp3) is 0.500. The molecule has 2 aliphatic rings. The molecule has 0 saturated carbocycles. The molecule has 98 valence electrons. The van der Waals surface area contributed by atoms with Crippen molar-refractivity contribution in [2.75, 3.05) is 0 Å². The van der Waals surface area contributed by atoms with E-state index in [0.29, 0.717) is 23.8 Å². The quantitative estimate of drug-likeness (QED) is 0.891. The third-order valence-electron chi connectivity index (χ3n) is 4.20. The Morgan fingerprint density at radius 3 is 3.05 bits per heavy atom. The van der Waals surface area contributed by atoms with E-state index in [1.165, 1.54) is 12.8 Å². The molecule has 0 spiro atoms. The highest BCUT2D eigenvalue weighted by Gasteiger charge is 2.42. The SMILES string of the molecule is Cc1ccnc(-c2noc(C3CC4CCC3N4)n2)c1. The number of hydrogen-bond acceptors (Lipinski definition) is 5. The molecular weight excluding hydrogens is 240 g/mol. The van der Waals surface area contributed by atoms with Gasteiger partial charge >= 0.3 is 0 Å². The molecule has 0 aliphatic carbocycles. The molecule has 2 saturated heterocycles. The fourth-order valence-corrected chi connectivity index (χ4v) is 3.25. The first-order valence-electron chi connectivity index (χ1n) is 6.82. The van der Waals surface area contributed by atoms with Crippen molar-refractivity contribution in [3.63, 3.8) is 0 Å². The molecule has 0 radical (unpaired) electrons. The molecule has 1 N–H and O–H groups in total. The van der Waals surface area contributed by atoms with E-state index < -0.39 is 0 Å². The zero-order valence-electron chi connectivity index (χ0n) is 10.8. The average molecular weight is 256 g/mol.